The van der Waals surface area contributed by atoms with Crippen molar-refractivity contribution in [1.29, 1.82) is 0 Å². The van der Waals surface area contributed by atoms with E-state index in [1.54, 1.807) is 34.6 Å². The second-order valence-corrected chi connectivity index (χ2v) is 15.2. The van der Waals surface area contributed by atoms with E-state index in [1.807, 2.05) is 0 Å². The van der Waals surface area contributed by atoms with Crippen molar-refractivity contribution >= 4 is 36.0 Å². The van der Waals surface area contributed by atoms with Gasteiger partial charge in [0.1, 0.15) is 9.79 Å². The molecule has 3 heterocycles. The number of anilines is 1. The van der Waals surface area contributed by atoms with Crippen LogP contribution in [0.5, 0.6) is 0 Å². The summed E-state index contributed by atoms with van der Waals surface area (Å²) >= 11 is 0. The molecule has 0 aliphatic carbocycles. The van der Waals surface area contributed by atoms with E-state index in [1.165, 1.54) is 35.4 Å². The van der Waals surface area contributed by atoms with Crippen molar-refractivity contribution in [1.82, 2.24) is 38.7 Å². The number of sulfonamides is 3. The van der Waals surface area contributed by atoms with Crippen LogP contribution in [0.25, 0.3) is 0 Å². The van der Waals surface area contributed by atoms with Gasteiger partial charge < -0.3 is 10.3 Å². The van der Waals surface area contributed by atoms with Gasteiger partial charge in [0, 0.05) is 48.7 Å². The van der Waals surface area contributed by atoms with Gasteiger partial charge in [-0.05, 0) is 46.8 Å². The largest absolute Gasteiger partial charge is 0.368 e. The average molecular weight is 616 g/mol. The molecular weight excluding hydrogens is 583 g/mol. The molecule has 0 aromatic carbocycles. The minimum Gasteiger partial charge on any atom is -0.368 e. The van der Waals surface area contributed by atoms with Crippen molar-refractivity contribution in [2.45, 2.75) is 80.0 Å². The highest BCUT2D eigenvalue weighted by Crippen LogP contribution is 2.17. The Morgan fingerprint density at radius 3 is 2.05 bits per heavy atom. The summed E-state index contributed by atoms with van der Waals surface area (Å²) in [5.74, 6) is -0.0508. The Balaban J connectivity index is 1.64. The Hall–Kier alpha value is -3.03. The van der Waals surface area contributed by atoms with Crippen molar-refractivity contribution in [3.05, 3.63) is 48.9 Å². The summed E-state index contributed by atoms with van der Waals surface area (Å²) < 4.78 is 84.7. The summed E-state index contributed by atoms with van der Waals surface area (Å²) in [6.45, 7) is 8.40. The predicted molar refractivity (Wildman–Crippen MR) is 146 cm³/mol. The number of imidazole rings is 1. The first-order valence-electron chi connectivity index (χ1n) is 12.0. The Labute approximate surface area is 234 Å². The number of hydrogen-bond donors (Lipinski definition) is 4. The van der Waals surface area contributed by atoms with E-state index >= 15 is 0 Å². The lowest BCUT2D eigenvalue weighted by atomic mass is 10.1. The van der Waals surface area contributed by atoms with Crippen LogP contribution >= 0.6 is 0 Å². The van der Waals surface area contributed by atoms with E-state index in [2.05, 4.69) is 34.1 Å². The molecule has 5 N–H and O–H groups in total. The Morgan fingerprint density at radius 1 is 0.850 bits per heavy atom. The number of pyridine rings is 1. The quantitative estimate of drug-likeness (QED) is 0.200. The lowest BCUT2D eigenvalue weighted by molar-refractivity contribution is 0.389. The fraction of sp³-hybridized carbons (Fsp3) is 0.455. The van der Waals surface area contributed by atoms with Crippen molar-refractivity contribution < 1.29 is 25.3 Å². The standard InChI is InChI=1S/C22H33N9O6S3/c1-15(2)28-40(36,37)20-12-31(14-27-20)13-22(4,5)30-39(34,35)18-7-6-17(24-9-18)8-16(3)29-38(32,33)19-10-25-21(23)26-11-19/h6-7,9-12,14-16,28-30H,8,13H2,1-5H3,(H2,23,25,26). The summed E-state index contributed by atoms with van der Waals surface area (Å²) in [6, 6.07) is 1.98. The summed E-state index contributed by atoms with van der Waals surface area (Å²) in [5.41, 5.74) is 4.83. The molecule has 0 radical (unpaired) electrons. The van der Waals surface area contributed by atoms with Crippen LogP contribution in [-0.4, -0.2) is 67.4 Å². The lowest BCUT2D eigenvalue weighted by Crippen LogP contribution is -2.46. The number of nitrogens with two attached hydrogens (primary N) is 1. The van der Waals surface area contributed by atoms with E-state index in [0.717, 1.165) is 12.4 Å². The van der Waals surface area contributed by atoms with Gasteiger partial charge in [-0.2, -0.15) is 0 Å². The Bertz CT molecular complexity index is 1640. The molecule has 0 saturated carbocycles. The van der Waals surface area contributed by atoms with Crippen molar-refractivity contribution in [3.63, 3.8) is 0 Å². The average Bonchev–Trinajstić information content (AvgIpc) is 3.26. The topological polar surface area (TPSA) is 221 Å². The third-order valence-electron chi connectivity index (χ3n) is 5.20. The maximum absolute atomic E-state index is 13.0. The van der Waals surface area contributed by atoms with Crippen molar-refractivity contribution in [2.24, 2.45) is 0 Å². The van der Waals surface area contributed by atoms with Crippen LogP contribution in [-0.2, 0) is 43.0 Å². The highest BCUT2D eigenvalue weighted by Gasteiger charge is 2.28. The van der Waals surface area contributed by atoms with Crippen LogP contribution in [0.15, 0.2) is 58.1 Å². The molecule has 0 saturated heterocycles. The number of nitrogens with zero attached hydrogens (tertiary/aromatic N) is 5. The Kier molecular flexibility index (Phi) is 9.32. The van der Waals surface area contributed by atoms with Gasteiger partial charge >= 0.3 is 0 Å². The summed E-state index contributed by atoms with van der Waals surface area (Å²) in [5, 5.41) is -0.169. The number of aromatic nitrogens is 5. The van der Waals surface area contributed by atoms with E-state index in [9.17, 15) is 25.3 Å². The van der Waals surface area contributed by atoms with Crippen molar-refractivity contribution in [3.8, 4) is 0 Å². The number of rotatable bonds is 13. The van der Waals surface area contributed by atoms with Crippen LogP contribution in [0.3, 0.4) is 0 Å². The Morgan fingerprint density at radius 2 is 1.48 bits per heavy atom. The fourth-order valence-electron chi connectivity index (χ4n) is 3.69. The minimum atomic E-state index is -4.00. The molecule has 0 aliphatic heterocycles. The third-order valence-corrected chi connectivity index (χ3v) is 9.97. The molecule has 0 fully saturated rings. The molecule has 18 heteroatoms. The van der Waals surface area contributed by atoms with Crippen molar-refractivity contribution in [2.75, 3.05) is 5.73 Å². The normalized spacial score (nSPS) is 13.9. The first-order valence-corrected chi connectivity index (χ1v) is 16.5. The monoisotopic (exact) mass is 615 g/mol. The molecule has 1 atom stereocenters. The molecule has 3 rings (SSSR count). The molecule has 0 spiro atoms. The molecule has 40 heavy (non-hydrogen) atoms. The molecule has 0 bridgehead atoms. The van der Waals surface area contributed by atoms with Gasteiger partial charge in [0.25, 0.3) is 10.0 Å². The van der Waals surface area contributed by atoms with Crippen LogP contribution in [0, 0.1) is 0 Å². The van der Waals surface area contributed by atoms with E-state index in [4.69, 9.17) is 5.73 Å². The molecule has 1 unspecified atom stereocenters. The van der Waals surface area contributed by atoms with Crippen LogP contribution in [0.2, 0.25) is 0 Å². The highest BCUT2D eigenvalue weighted by molar-refractivity contribution is 7.90. The molecular formula is C22H33N9O6S3. The van der Waals surface area contributed by atoms with Gasteiger partial charge in [-0.1, -0.05) is 0 Å². The lowest BCUT2D eigenvalue weighted by Gasteiger charge is -2.26. The maximum Gasteiger partial charge on any atom is 0.259 e. The maximum atomic E-state index is 13.0. The first-order chi connectivity index (χ1) is 18.4. The molecule has 3 aromatic rings. The van der Waals surface area contributed by atoms with E-state index < -0.39 is 41.7 Å². The van der Waals surface area contributed by atoms with Gasteiger partial charge in [-0.15, -0.1) is 0 Å². The van der Waals surface area contributed by atoms with Gasteiger partial charge in [0.2, 0.25) is 26.0 Å². The predicted octanol–water partition coefficient (Wildman–Crippen LogP) is 0.00360. The highest BCUT2D eigenvalue weighted by atomic mass is 32.2. The fourth-order valence-corrected chi connectivity index (χ4v) is 7.37. The molecule has 15 nitrogen and oxygen atoms in total. The second-order valence-electron chi connectivity index (χ2n) is 10.1. The second kappa shape index (κ2) is 11.8. The SMILES string of the molecule is CC(C)NS(=O)(=O)c1cn(CC(C)(C)NS(=O)(=O)c2ccc(CC(C)NS(=O)(=O)c3cnc(N)nc3)nc2)cn1. The number of nitrogen functional groups attached to an aromatic ring is 1. The van der Waals surface area contributed by atoms with Gasteiger partial charge in [-0.3, -0.25) is 4.98 Å². The minimum absolute atomic E-state index is 0.0508. The summed E-state index contributed by atoms with van der Waals surface area (Å²) in [7, 11) is -11.7. The first kappa shape index (κ1) is 31.5. The number of hydrogen-bond acceptors (Lipinski definition) is 11. The van der Waals surface area contributed by atoms with Gasteiger partial charge in [0.15, 0.2) is 5.03 Å². The zero-order chi connectivity index (χ0) is 29.9. The van der Waals surface area contributed by atoms with Crippen LogP contribution in [0.4, 0.5) is 5.95 Å². The van der Waals surface area contributed by atoms with E-state index in [-0.39, 0.29) is 39.8 Å². The smallest absolute Gasteiger partial charge is 0.259 e. The van der Waals surface area contributed by atoms with E-state index in [0.29, 0.717) is 5.69 Å². The zero-order valence-electron chi connectivity index (χ0n) is 22.6. The van der Waals surface area contributed by atoms with Crippen LogP contribution in [0.1, 0.15) is 40.3 Å². The summed E-state index contributed by atoms with van der Waals surface area (Å²) in [4.78, 5) is 15.2. The number of nitrogens with one attached hydrogen (secondary N) is 3. The third kappa shape index (κ3) is 8.48. The van der Waals surface area contributed by atoms with Gasteiger partial charge in [0.05, 0.1) is 18.7 Å². The van der Waals surface area contributed by atoms with Crippen LogP contribution < -0.4 is 19.9 Å². The summed E-state index contributed by atoms with van der Waals surface area (Å²) in [6.07, 6.45) is 6.21. The zero-order valence-corrected chi connectivity index (χ0v) is 25.0. The molecule has 0 amide bonds. The molecule has 3 aromatic heterocycles. The molecule has 220 valence electrons. The van der Waals surface area contributed by atoms with Gasteiger partial charge in [-0.25, -0.2) is 54.4 Å². The molecule has 0 aliphatic rings.